The molecule has 170 valence electrons. The highest BCUT2D eigenvalue weighted by molar-refractivity contribution is 7.89. The number of halogens is 1. The molecule has 2 aromatic rings. The van der Waals surface area contributed by atoms with E-state index in [1.165, 1.54) is 10.4 Å². The van der Waals surface area contributed by atoms with E-state index in [0.29, 0.717) is 29.9 Å². The minimum absolute atomic E-state index is 0.0276. The Morgan fingerprint density at radius 3 is 2.31 bits per heavy atom. The van der Waals surface area contributed by atoms with Gasteiger partial charge in [0.05, 0.1) is 0 Å². The highest BCUT2D eigenvalue weighted by Crippen LogP contribution is 2.26. The Hall–Kier alpha value is -2.78. The molecule has 7 nitrogen and oxygen atoms in total. The average molecular weight is 460 g/mol. The second kappa shape index (κ2) is 8.99. The molecule has 2 fully saturated rings. The Morgan fingerprint density at radius 1 is 0.969 bits per heavy atom. The van der Waals surface area contributed by atoms with Crippen molar-refractivity contribution in [2.24, 2.45) is 0 Å². The van der Waals surface area contributed by atoms with Crippen molar-refractivity contribution < 1.29 is 22.4 Å². The van der Waals surface area contributed by atoms with Crippen LogP contribution in [0.5, 0.6) is 0 Å². The van der Waals surface area contributed by atoms with Crippen LogP contribution in [0, 0.1) is 12.7 Å². The Morgan fingerprint density at radius 2 is 1.62 bits per heavy atom. The number of anilines is 1. The third-order valence-electron chi connectivity index (χ3n) is 6.08. The number of carbonyl (C=O) groups is 2. The summed E-state index contributed by atoms with van der Waals surface area (Å²) in [6.07, 6.45) is 3.42. The molecule has 0 aliphatic carbocycles. The second-order valence-corrected chi connectivity index (χ2v) is 10.1. The average Bonchev–Trinajstić information content (AvgIpc) is 3.49. The number of carbonyl (C=O) groups excluding carboxylic acids is 2. The first-order valence-corrected chi connectivity index (χ1v) is 12.2. The van der Waals surface area contributed by atoms with Gasteiger partial charge in [0.2, 0.25) is 10.0 Å². The highest BCUT2D eigenvalue weighted by Gasteiger charge is 2.30. The Kier molecular flexibility index (Phi) is 6.30. The first-order valence-electron chi connectivity index (χ1n) is 10.8. The van der Waals surface area contributed by atoms with E-state index < -0.39 is 26.6 Å². The van der Waals surface area contributed by atoms with Gasteiger partial charge in [-0.05, 0) is 68.5 Å². The van der Waals surface area contributed by atoms with E-state index in [-0.39, 0.29) is 11.5 Å². The topological polar surface area (TPSA) is 86.8 Å². The van der Waals surface area contributed by atoms with Crippen molar-refractivity contribution in [3.63, 3.8) is 0 Å². The van der Waals surface area contributed by atoms with Crippen LogP contribution in [0.3, 0.4) is 0 Å². The number of hydrogen-bond donors (Lipinski definition) is 1. The number of rotatable bonds is 5. The molecule has 9 heteroatoms. The number of benzene rings is 2. The highest BCUT2D eigenvalue weighted by atomic mass is 32.2. The van der Waals surface area contributed by atoms with Crippen molar-refractivity contribution in [3.8, 4) is 0 Å². The standard InChI is InChI=1S/C23H26FN3O4S/c1-16-18(23(29)26-11-2-3-12-26)7-6-8-20(16)25-22(28)17-9-10-19(24)21(15-17)32(30,31)27-13-4-5-14-27/h6-10,15H,2-5,11-14H2,1H3,(H,25,28). The van der Waals surface area contributed by atoms with E-state index in [1.807, 2.05) is 0 Å². The number of amides is 2. The molecule has 0 aromatic heterocycles. The van der Waals surface area contributed by atoms with E-state index in [4.69, 9.17) is 0 Å². The molecule has 2 aliphatic heterocycles. The molecule has 32 heavy (non-hydrogen) atoms. The summed E-state index contributed by atoms with van der Waals surface area (Å²) in [6, 6.07) is 8.43. The van der Waals surface area contributed by atoms with Crippen molar-refractivity contribution in [3.05, 3.63) is 58.9 Å². The summed E-state index contributed by atoms with van der Waals surface area (Å²) >= 11 is 0. The van der Waals surface area contributed by atoms with Crippen LogP contribution in [0.2, 0.25) is 0 Å². The SMILES string of the molecule is Cc1c(NC(=O)c2ccc(F)c(S(=O)(=O)N3CCCC3)c2)cccc1C(=O)N1CCCC1. The summed E-state index contributed by atoms with van der Waals surface area (Å²) in [4.78, 5) is 27.0. The smallest absolute Gasteiger partial charge is 0.255 e. The number of hydrogen-bond acceptors (Lipinski definition) is 4. The van der Waals surface area contributed by atoms with E-state index >= 15 is 0 Å². The quantitative estimate of drug-likeness (QED) is 0.743. The minimum Gasteiger partial charge on any atom is -0.339 e. The van der Waals surface area contributed by atoms with Crippen molar-refractivity contribution in [1.29, 1.82) is 0 Å². The lowest BCUT2D eigenvalue weighted by Crippen LogP contribution is -2.29. The molecule has 2 saturated heterocycles. The van der Waals surface area contributed by atoms with Crippen LogP contribution < -0.4 is 5.32 Å². The normalized spacial score (nSPS) is 17.0. The molecule has 2 amide bonds. The predicted octanol–water partition coefficient (Wildman–Crippen LogP) is 3.41. The number of likely N-dealkylation sites (tertiary alicyclic amines) is 1. The molecule has 0 spiro atoms. The maximum Gasteiger partial charge on any atom is 0.255 e. The monoisotopic (exact) mass is 459 g/mol. The van der Waals surface area contributed by atoms with Crippen molar-refractivity contribution in [1.82, 2.24) is 9.21 Å². The van der Waals surface area contributed by atoms with Gasteiger partial charge in [-0.25, -0.2) is 12.8 Å². The molecule has 0 bridgehead atoms. The molecular weight excluding hydrogens is 433 g/mol. The molecule has 2 heterocycles. The van der Waals surface area contributed by atoms with Gasteiger partial charge < -0.3 is 10.2 Å². The summed E-state index contributed by atoms with van der Waals surface area (Å²) in [5.74, 6) is -1.53. The number of sulfonamides is 1. The minimum atomic E-state index is -4.01. The van der Waals surface area contributed by atoms with Gasteiger partial charge >= 0.3 is 0 Å². The van der Waals surface area contributed by atoms with Crippen molar-refractivity contribution in [2.75, 3.05) is 31.5 Å². The maximum atomic E-state index is 14.4. The van der Waals surface area contributed by atoms with Crippen LogP contribution in [-0.2, 0) is 10.0 Å². The summed E-state index contributed by atoms with van der Waals surface area (Å²) < 4.78 is 41.2. The summed E-state index contributed by atoms with van der Waals surface area (Å²) in [6.45, 7) is 3.88. The van der Waals surface area contributed by atoms with Crippen LogP contribution >= 0.6 is 0 Å². The van der Waals surface area contributed by atoms with Gasteiger partial charge in [-0.1, -0.05) is 6.07 Å². The van der Waals surface area contributed by atoms with Crippen LogP contribution in [0.25, 0.3) is 0 Å². The zero-order valence-electron chi connectivity index (χ0n) is 17.9. The number of nitrogens with one attached hydrogen (secondary N) is 1. The Balaban J connectivity index is 1.58. The first kappa shape index (κ1) is 22.4. The Bertz CT molecular complexity index is 1150. The largest absolute Gasteiger partial charge is 0.339 e. The third-order valence-corrected chi connectivity index (χ3v) is 8.00. The van der Waals surface area contributed by atoms with E-state index in [1.54, 1.807) is 30.0 Å². The molecular formula is C23H26FN3O4S. The summed E-state index contributed by atoms with van der Waals surface area (Å²) in [5, 5.41) is 2.74. The summed E-state index contributed by atoms with van der Waals surface area (Å²) in [5.41, 5.74) is 1.62. The van der Waals surface area contributed by atoms with Crippen molar-refractivity contribution >= 4 is 27.5 Å². The van der Waals surface area contributed by atoms with E-state index in [0.717, 1.165) is 50.9 Å². The fourth-order valence-electron chi connectivity index (χ4n) is 4.20. The van der Waals surface area contributed by atoms with Gasteiger partial charge in [-0.2, -0.15) is 4.31 Å². The van der Waals surface area contributed by atoms with E-state index in [9.17, 15) is 22.4 Å². The van der Waals surface area contributed by atoms with Crippen molar-refractivity contribution in [2.45, 2.75) is 37.5 Å². The zero-order valence-corrected chi connectivity index (χ0v) is 18.8. The van der Waals surface area contributed by atoms with E-state index in [2.05, 4.69) is 5.32 Å². The lowest BCUT2D eigenvalue weighted by molar-refractivity contribution is 0.0791. The van der Waals surface area contributed by atoms with Crippen LogP contribution in [0.1, 0.15) is 52.0 Å². The fourth-order valence-corrected chi connectivity index (χ4v) is 5.81. The molecule has 0 saturated carbocycles. The lowest BCUT2D eigenvalue weighted by Gasteiger charge is -2.19. The van der Waals surface area contributed by atoms with Crippen LogP contribution in [0.4, 0.5) is 10.1 Å². The molecule has 4 rings (SSSR count). The number of nitrogens with zero attached hydrogens (tertiary/aromatic N) is 2. The zero-order chi connectivity index (χ0) is 22.9. The lowest BCUT2D eigenvalue weighted by atomic mass is 10.0. The second-order valence-electron chi connectivity index (χ2n) is 8.19. The maximum absolute atomic E-state index is 14.4. The third kappa shape index (κ3) is 4.27. The molecule has 0 atom stereocenters. The predicted molar refractivity (Wildman–Crippen MR) is 119 cm³/mol. The molecule has 0 radical (unpaired) electrons. The summed E-state index contributed by atoms with van der Waals surface area (Å²) in [7, 11) is -4.01. The molecule has 2 aliphatic rings. The van der Waals surface area contributed by atoms with Gasteiger partial charge in [0, 0.05) is 43.0 Å². The molecule has 1 N–H and O–H groups in total. The molecule has 0 unspecified atom stereocenters. The van der Waals surface area contributed by atoms with Gasteiger partial charge in [0.15, 0.2) is 0 Å². The van der Waals surface area contributed by atoms with Crippen LogP contribution in [0.15, 0.2) is 41.3 Å². The van der Waals surface area contributed by atoms with Gasteiger partial charge in [-0.15, -0.1) is 0 Å². The molecule has 2 aromatic carbocycles. The van der Waals surface area contributed by atoms with Gasteiger partial charge in [0.1, 0.15) is 10.7 Å². The fraction of sp³-hybridized carbons (Fsp3) is 0.391. The van der Waals surface area contributed by atoms with Gasteiger partial charge in [-0.3, -0.25) is 9.59 Å². The van der Waals surface area contributed by atoms with Crippen LogP contribution in [-0.4, -0.2) is 55.6 Å². The Labute approximate surface area is 187 Å². The first-order chi connectivity index (χ1) is 15.3. The van der Waals surface area contributed by atoms with Gasteiger partial charge in [0.25, 0.3) is 11.8 Å².